The summed E-state index contributed by atoms with van der Waals surface area (Å²) >= 11 is 0. The Kier molecular flexibility index (Phi) is 4.63. The van der Waals surface area contributed by atoms with Gasteiger partial charge in [0.05, 0.1) is 0 Å². The van der Waals surface area contributed by atoms with Crippen LogP contribution in [0.3, 0.4) is 0 Å². The van der Waals surface area contributed by atoms with Gasteiger partial charge in [-0.25, -0.2) is 0 Å². The van der Waals surface area contributed by atoms with E-state index in [0.29, 0.717) is 13.0 Å². The molecule has 0 radical (unpaired) electrons. The van der Waals surface area contributed by atoms with Crippen LogP contribution in [0.15, 0.2) is 6.33 Å². The minimum absolute atomic E-state index is 0.339. The second-order valence-corrected chi connectivity index (χ2v) is 5.54. The first-order valence-electron chi connectivity index (χ1n) is 6.07. The van der Waals surface area contributed by atoms with Crippen LogP contribution < -0.4 is 5.32 Å². The summed E-state index contributed by atoms with van der Waals surface area (Å²) in [4.78, 5) is 23.1. The van der Waals surface area contributed by atoms with Crippen molar-refractivity contribution >= 4 is 11.9 Å². The van der Waals surface area contributed by atoms with Crippen molar-refractivity contribution in [2.45, 2.75) is 27.2 Å². The SMILES string of the molecule is Cn1cnnc1CCNC(=O)C(C(=O)O)C(C)(C)C. The average molecular weight is 268 g/mol. The van der Waals surface area contributed by atoms with Crippen LogP contribution in [0.1, 0.15) is 26.6 Å². The van der Waals surface area contributed by atoms with Crippen molar-refractivity contribution in [3.8, 4) is 0 Å². The Bertz CT molecular complexity index is 462. The molecule has 7 heteroatoms. The Hall–Kier alpha value is -1.92. The maximum atomic E-state index is 11.9. The molecule has 1 atom stereocenters. The van der Waals surface area contributed by atoms with Crippen LogP contribution in [-0.4, -0.2) is 38.3 Å². The number of rotatable bonds is 5. The van der Waals surface area contributed by atoms with Crippen LogP contribution in [-0.2, 0) is 23.1 Å². The van der Waals surface area contributed by atoms with Gasteiger partial charge < -0.3 is 15.0 Å². The highest BCUT2D eigenvalue weighted by Gasteiger charge is 2.37. The third-order valence-electron chi connectivity index (χ3n) is 2.83. The minimum atomic E-state index is -1.11. The highest BCUT2D eigenvalue weighted by atomic mass is 16.4. The number of aromatic nitrogens is 3. The highest BCUT2D eigenvalue weighted by molar-refractivity contribution is 5.97. The van der Waals surface area contributed by atoms with E-state index in [4.69, 9.17) is 5.11 Å². The number of nitrogens with zero attached hydrogens (tertiary/aromatic N) is 3. The van der Waals surface area contributed by atoms with Crippen molar-refractivity contribution in [1.29, 1.82) is 0 Å². The van der Waals surface area contributed by atoms with Crippen molar-refractivity contribution in [3.63, 3.8) is 0 Å². The molecule has 1 aromatic heterocycles. The number of hydrogen-bond donors (Lipinski definition) is 2. The Morgan fingerprint density at radius 3 is 2.53 bits per heavy atom. The molecular formula is C12H20N4O3. The number of carboxylic acid groups (broad SMARTS) is 1. The lowest BCUT2D eigenvalue weighted by Crippen LogP contribution is -2.43. The van der Waals surface area contributed by atoms with Crippen LogP contribution in [0.2, 0.25) is 0 Å². The molecule has 1 rings (SSSR count). The summed E-state index contributed by atoms with van der Waals surface area (Å²) in [6.45, 7) is 5.53. The highest BCUT2D eigenvalue weighted by Crippen LogP contribution is 2.26. The van der Waals surface area contributed by atoms with E-state index in [-0.39, 0.29) is 0 Å². The quantitative estimate of drug-likeness (QED) is 0.745. The summed E-state index contributed by atoms with van der Waals surface area (Å²) in [6, 6.07) is 0. The third-order valence-corrected chi connectivity index (χ3v) is 2.83. The van der Waals surface area contributed by atoms with Gasteiger partial charge in [0, 0.05) is 20.0 Å². The van der Waals surface area contributed by atoms with Gasteiger partial charge in [0.25, 0.3) is 0 Å². The van der Waals surface area contributed by atoms with Gasteiger partial charge in [-0.15, -0.1) is 10.2 Å². The smallest absolute Gasteiger partial charge is 0.316 e. The van der Waals surface area contributed by atoms with Crippen molar-refractivity contribution < 1.29 is 14.7 Å². The monoisotopic (exact) mass is 268 g/mol. The summed E-state index contributed by atoms with van der Waals surface area (Å²) in [5, 5.41) is 19.4. The van der Waals surface area contributed by atoms with Gasteiger partial charge in [0.2, 0.25) is 5.91 Å². The lowest BCUT2D eigenvalue weighted by molar-refractivity contribution is -0.151. The molecular weight excluding hydrogens is 248 g/mol. The second kappa shape index (κ2) is 5.81. The summed E-state index contributed by atoms with van der Waals surface area (Å²) in [5.41, 5.74) is -0.624. The van der Waals surface area contributed by atoms with E-state index in [9.17, 15) is 9.59 Å². The van der Waals surface area contributed by atoms with Crippen molar-refractivity contribution in [1.82, 2.24) is 20.1 Å². The molecule has 0 spiro atoms. The predicted octanol–water partition coefficient (Wildman–Crippen LogP) is 0.221. The standard InChI is InChI=1S/C12H20N4O3/c1-12(2,3)9(11(18)19)10(17)13-6-5-8-15-14-7-16(8)4/h7,9H,5-6H2,1-4H3,(H,13,17)(H,18,19). The van der Waals surface area contributed by atoms with E-state index in [1.54, 1.807) is 31.7 Å². The molecule has 7 nitrogen and oxygen atoms in total. The molecule has 0 bridgehead atoms. The largest absolute Gasteiger partial charge is 0.481 e. The average Bonchev–Trinajstić information content (AvgIpc) is 2.61. The number of aliphatic carboxylic acids is 1. The maximum absolute atomic E-state index is 11.9. The molecule has 0 fully saturated rings. The van der Waals surface area contributed by atoms with E-state index in [2.05, 4.69) is 15.5 Å². The first-order chi connectivity index (χ1) is 8.73. The van der Waals surface area contributed by atoms with Crippen LogP contribution in [0.5, 0.6) is 0 Å². The number of carbonyl (C=O) groups excluding carboxylic acids is 1. The number of amides is 1. The third kappa shape index (κ3) is 4.04. The van der Waals surface area contributed by atoms with E-state index >= 15 is 0 Å². The summed E-state index contributed by atoms with van der Waals surface area (Å²) in [7, 11) is 1.81. The Morgan fingerprint density at radius 1 is 1.47 bits per heavy atom. The first-order valence-corrected chi connectivity index (χ1v) is 6.07. The fraction of sp³-hybridized carbons (Fsp3) is 0.667. The first kappa shape index (κ1) is 15.1. The predicted molar refractivity (Wildman–Crippen MR) is 68.3 cm³/mol. The fourth-order valence-corrected chi connectivity index (χ4v) is 1.81. The van der Waals surface area contributed by atoms with Gasteiger partial charge in [0.1, 0.15) is 18.1 Å². The Morgan fingerprint density at radius 2 is 2.11 bits per heavy atom. The van der Waals surface area contributed by atoms with Gasteiger partial charge in [-0.3, -0.25) is 9.59 Å². The minimum Gasteiger partial charge on any atom is -0.481 e. The van der Waals surface area contributed by atoms with Gasteiger partial charge in [-0.1, -0.05) is 20.8 Å². The molecule has 0 saturated carbocycles. The summed E-state index contributed by atoms with van der Waals surface area (Å²) < 4.78 is 1.75. The van der Waals surface area contributed by atoms with E-state index in [0.717, 1.165) is 5.82 Å². The van der Waals surface area contributed by atoms with Gasteiger partial charge in [0.15, 0.2) is 0 Å². The Balaban J connectivity index is 2.55. The van der Waals surface area contributed by atoms with Crippen LogP contribution >= 0.6 is 0 Å². The zero-order valence-corrected chi connectivity index (χ0v) is 11.7. The lowest BCUT2D eigenvalue weighted by atomic mass is 9.80. The molecule has 1 unspecified atom stereocenters. The number of nitrogens with one attached hydrogen (secondary N) is 1. The molecule has 106 valence electrons. The molecule has 1 heterocycles. The van der Waals surface area contributed by atoms with Crippen LogP contribution in [0.4, 0.5) is 0 Å². The summed E-state index contributed by atoms with van der Waals surface area (Å²) in [6.07, 6.45) is 2.09. The van der Waals surface area contributed by atoms with E-state index in [1.807, 2.05) is 7.05 Å². The molecule has 0 aliphatic rings. The maximum Gasteiger partial charge on any atom is 0.316 e. The van der Waals surface area contributed by atoms with Crippen molar-refractivity contribution in [3.05, 3.63) is 12.2 Å². The van der Waals surface area contributed by atoms with Gasteiger partial charge in [-0.2, -0.15) is 0 Å². The van der Waals surface area contributed by atoms with Crippen molar-refractivity contribution in [2.24, 2.45) is 18.4 Å². The zero-order valence-electron chi connectivity index (χ0n) is 11.7. The molecule has 0 saturated heterocycles. The van der Waals surface area contributed by atoms with E-state index in [1.165, 1.54) is 0 Å². The molecule has 0 aliphatic carbocycles. The number of carbonyl (C=O) groups is 2. The van der Waals surface area contributed by atoms with Gasteiger partial charge in [-0.05, 0) is 5.41 Å². The molecule has 0 aliphatic heterocycles. The number of carboxylic acids is 1. The molecule has 1 aromatic rings. The normalized spacial score (nSPS) is 13.1. The topological polar surface area (TPSA) is 97.1 Å². The van der Waals surface area contributed by atoms with Crippen LogP contribution in [0.25, 0.3) is 0 Å². The van der Waals surface area contributed by atoms with Gasteiger partial charge >= 0.3 is 5.97 Å². The lowest BCUT2D eigenvalue weighted by Gasteiger charge is -2.25. The molecule has 1 amide bonds. The summed E-state index contributed by atoms with van der Waals surface area (Å²) in [5.74, 6) is -1.90. The molecule has 19 heavy (non-hydrogen) atoms. The Labute approximate surface area is 112 Å². The fourth-order valence-electron chi connectivity index (χ4n) is 1.81. The van der Waals surface area contributed by atoms with E-state index < -0.39 is 23.2 Å². The molecule has 2 N–H and O–H groups in total. The molecule has 0 aromatic carbocycles. The number of aryl methyl sites for hydroxylation is 1. The van der Waals surface area contributed by atoms with Crippen molar-refractivity contribution in [2.75, 3.05) is 6.54 Å². The van der Waals surface area contributed by atoms with Crippen LogP contribution in [0, 0.1) is 11.3 Å². The zero-order chi connectivity index (χ0) is 14.6. The second-order valence-electron chi connectivity index (χ2n) is 5.54. The number of hydrogen-bond acceptors (Lipinski definition) is 4.